The van der Waals surface area contributed by atoms with Crippen LogP contribution in [0.4, 0.5) is 0 Å². The van der Waals surface area contributed by atoms with E-state index in [0.29, 0.717) is 10.8 Å². The molecule has 1 amide bonds. The van der Waals surface area contributed by atoms with Crippen LogP contribution in [0.5, 0.6) is 5.75 Å². The summed E-state index contributed by atoms with van der Waals surface area (Å²) in [5.74, 6) is -1.01. The van der Waals surface area contributed by atoms with Crippen LogP contribution in [0, 0.1) is 0 Å². The van der Waals surface area contributed by atoms with Gasteiger partial charge in [0.15, 0.2) is 6.10 Å². The number of benzene rings is 1. The summed E-state index contributed by atoms with van der Waals surface area (Å²) in [4.78, 5) is 23.9. The first kappa shape index (κ1) is 15.3. The molecule has 2 unspecified atom stereocenters. The Morgan fingerprint density at radius 2 is 2.00 bits per heavy atom. The van der Waals surface area contributed by atoms with Gasteiger partial charge in [-0.25, -0.2) is 4.79 Å². The van der Waals surface area contributed by atoms with E-state index in [1.54, 1.807) is 31.2 Å². The number of nitrogens with zero attached hydrogens (tertiary/aromatic N) is 1. The molecule has 0 aliphatic heterocycles. The molecule has 0 bridgehead atoms. The van der Waals surface area contributed by atoms with Crippen molar-refractivity contribution >= 4 is 23.5 Å². The number of aliphatic carboxylic acids is 1. The number of carboxylic acid groups (broad SMARTS) is 1. The Morgan fingerprint density at radius 1 is 1.37 bits per heavy atom. The van der Waals surface area contributed by atoms with E-state index in [-0.39, 0.29) is 0 Å². The lowest BCUT2D eigenvalue weighted by atomic mass is 10.2. The van der Waals surface area contributed by atoms with Gasteiger partial charge in [0.1, 0.15) is 11.8 Å². The van der Waals surface area contributed by atoms with Crippen LogP contribution in [0.1, 0.15) is 13.8 Å². The normalized spacial score (nSPS) is 13.5. The second-order valence-corrected chi connectivity index (χ2v) is 4.62. The topological polar surface area (TPSA) is 66.8 Å². The molecule has 1 rings (SSSR count). The van der Waals surface area contributed by atoms with E-state index >= 15 is 0 Å². The van der Waals surface area contributed by atoms with Crippen molar-refractivity contribution in [2.45, 2.75) is 26.0 Å². The van der Waals surface area contributed by atoms with E-state index in [9.17, 15) is 9.59 Å². The minimum atomic E-state index is -1.06. The number of rotatable bonds is 5. The first-order valence-corrected chi connectivity index (χ1v) is 6.12. The molecule has 6 heteroatoms. The molecule has 1 aromatic carbocycles. The molecular formula is C13H16ClNO4. The van der Waals surface area contributed by atoms with Gasteiger partial charge in [0.25, 0.3) is 5.91 Å². The van der Waals surface area contributed by atoms with Gasteiger partial charge in [-0.15, -0.1) is 0 Å². The monoisotopic (exact) mass is 285 g/mol. The lowest BCUT2D eigenvalue weighted by Gasteiger charge is -2.25. The van der Waals surface area contributed by atoms with Crippen molar-refractivity contribution in [3.63, 3.8) is 0 Å². The van der Waals surface area contributed by atoms with Crippen LogP contribution in [0.25, 0.3) is 0 Å². The first-order valence-electron chi connectivity index (χ1n) is 5.74. The van der Waals surface area contributed by atoms with Crippen molar-refractivity contribution in [3.8, 4) is 5.75 Å². The molecule has 2 atom stereocenters. The molecule has 0 saturated carbocycles. The highest BCUT2D eigenvalue weighted by Crippen LogP contribution is 2.18. The Hall–Kier alpha value is -1.75. The van der Waals surface area contributed by atoms with Gasteiger partial charge in [0, 0.05) is 12.1 Å². The predicted molar refractivity (Wildman–Crippen MR) is 71.4 cm³/mol. The third-order valence-corrected chi connectivity index (χ3v) is 2.98. The number of likely N-dealkylation sites (N-methyl/N-ethyl adjacent to an activating group) is 1. The number of hydrogen-bond donors (Lipinski definition) is 1. The smallest absolute Gasteiger partial charge is 0.326 e. The number of carbonyl (C=O) groups excluding carboxylic acids is 1. The number of ether oxygens (including phenoxy) is 1. The summed E-state index contributed by atoms with van der Waals surface area (Å²) in [7, 11) is 1.43. The summed E-state index contributed by atoms with van der Waals surface area (Å²) < 4.78 is 5.44. The molecule has 0 saturated heterocycles. The summed E-state index contributed by atoms with van der Waals surface area (Å²) in [6.07, 6.45) is -0.787. The Bertz CT molecular complexity index is 477. The van der Waals surface area contributed by atoms with Crippen LogP contribution in [0.2, 0.25) is 5.02 Å². The fraction of sp³-hybridized carbons (Fsp3) is 0.385. The van der Waals surface area contributed by atoms with Crippen molar-refractivity contribution in [2.75, 3.05) is 7.05 Å². The number of amides is 1. The molecule has 0 aliphatic carbocycles. The van der Waals surface area contributed by atoms with Crippen LogP contribution < -0.4 is 4.74 Å². The van der Waals surface area contributed by atoms with Crippen molar-refractivity contribution in [1.82, 2.24) is 4.90 Å². The van der Waals surface area contributed by atoms with Crippen LogP contribution in [-0.2, 0) is 9.59 Å². The molecule has 1 N–H and O–H groups in total. The Kier molecular flexibility index (Phi) is 5.18. The number of carbonyl (C=O) groups is 2. The van der Waals surface area contributed by atoms with E-state index in [1.165, 1.54) is 14.0 Å². The zero-order valence-corrected chi connectivity index (χ0v) is 11.7. The summed E-state index contributed by atoms with van der Waals surface area (Å²) in [5, 5.41) is 9.36. The summed E-state index contributed by atoms with van der Waals surface area (Å²) in [6, 6.07) is 5.76. The molecule has 0 aromatic heterocycles. The number of hydrogen-bond acceptors (Lipinski definition) is 3. The van der Waals surface area contributed by atoms with Crippen LogP contribution in [0.15, 0.2) is 24.3 Å². The van der Waals surface area contributed by atoms with Crippen LogP contribution in [0.3, 0.4) is 0 Å². The van der Waals surface area contributed by atoms with Gasteiger partial charge in [-0.1, -0.05) is 17.7 Å². The molecule has 0 fully saturated rings. The summed E-state index contributed by atoms with van der Waals surface area (Å²) >= 11 is 5.81. The average Bonchev–Trinajstić information content (AvgIpc) is 2.35. The average molecular weight is 286 g/mol. The van der Waals surface area contributed by atoms with E-state index in [4.69, 9.17) is 21.4 Å². The van der Waals surface area contributed by atoms with Gasteiger partial charge in [-0.2, -0.15) is 0 Å². The van der Waals surface area contributed by atoms with Crippen molar-refractivity contribution in [1.29, 1.82) is 0 Å². The summed E-state index contributed by atoms with van der Waals surface area (Å²) in [5.41, 5.74) is 0. The Labute approximate surface area is 116 Å². The Balaban J connectivity index is 2.70. The lowest BCUT2D eigenvalue weighted by molar-refractivity contribution is -0.150. The minimum Gasteiger partial charge on any atom is -0.481 e. The van der Waals surface area contributed by atoms with Crippen LogP contribution >= 0.6 is 11.6 Å². The molecule has 5 nitrogen and oxygen atoms in total. The highest BCUT2D eigenvalue weighted by molar-refractivity contribution is 6.30. The van der Waals surface area contributed by atoms with Gasteiger partial charge in [0.2, 0.25) is 0 Å². The highest BCUT2D eigenvalue weighted by Gasteiger charge is 2.26. The number of halogens is 1. The fourth-order valence-corrected chi connectivity index (χ4v) is 1.62. The zero-order valence-electron chi connectivity index (χ0n) is 11.0. The van der Waals surface area contributed by atoms with Gasteiger partial charge in [-0.05, 0) is 32.0 Å². The van der Waals surface area contributed by atoms with E-state index in [1.807, 2.05) is 0 Å². The third kappa shape index (κ3) is 4.13. The molecule has 1 aromatic rings. The van der Waals surface area contributed by atoms with Gasteiger partial charge < -0.3 is 14.7 Å². The van der Waals surface area contributed by atoms with Crippen molar-refractivity contribution < 1.29 is 19.4 Å². The third-order valence-electron chi connectivity index (χ3n) is 2.74. The molecule has 0 aliphatic rings. The molecule has 104 valence electrons. The highest BCUT2D eigenvalue weighted by atomic mass is 35.5. The maximum Gasteiger partial charge on any atom is 0.326 e. The molecular weight excluding hydrogens is 270 g/mol. The summed E-state index contributed by atoms with van der Waals surface area (Å²) in [6.45, 7) is 3.00. The molecule has 0 radical (unpaired) electrons. The molecule has 0 spiro atoms. The first-order chi connectivity index (χ1) is 8.82. The lowest BCUT2D eigenvalue weighted by Crippen LogP contribution is -2.46. The van der Waals surface area contributed by atoms with Gasteiger partial charge in [-0.3, -0.25) is 4.79 Å². The standard InChI is InChI=1S/C13H16ClNO4/c1-8(13(17)18)15(3)12(16)9(2)19-11-6-4-5-10(14)7-11/h4-9H,1-3H3,(H,17,18). The predicted octanol–water partition coefficient (Wildman–Crippen LogP) is 2.04. The SMILES string of the molecule is CC(Oc1cccc(Cl)c1)C(=O)N(C)C(C)C(=O)O. The van der Waals surface area contributed by atoms with Crippen molar-refractivity contribution in [2.24, 2.45) is 0 Å². The zero-order chi connectivity index (χ0) is 14.6. The quantitative estimate of drug-likeness (QED) is 0.899. The maximum atomic E-state index is 12.0. The molecule has 0 heterocycles. The van der Waals surface area contributed by atoms with E-state index in [0.717, 1.165) is 4.90 Å². The number of carboxylic acids is 1. The Morgan fingerprint density at radius 3 is 2.53 bits per heavy atom. The fourth-order valence-electron chi connectivity index (χ4n) is 1.44. The maximum absolute atomic E-state index is 12.0. The molecule has 19 heavy (non-hydrogen) atoms. The van der Waals surface area contributed by atoms with Crippen LogP contribution in [-0.4, -0.2) is 41.1 Å². The largest absolute Gasteiger partial charge is 0.481 e. The van der Waals surface area contributed by atoms with Gasteiger partial charge >= 0.3 is 5.97 Å². The van der Waals surface area contributed by atoms with Crippen molar-refractivity contribution in [3.05, 3.63) is 29.3 Å². The van der Waals surface area contributed by atoms with E-state index in [2.05, 4.69) is 0 Å². The van der Waals surface area contributed by atoms with Gasteiger partial charge in [0.05, 0.1) is 0 Å². The minimum absolute atomic E-state index is 0.408. The van der Waals surface area contributed by atoms with E-state index < -0.39 is 24.0 Å². The second-order valence-electron chi connectivity index (χ2n) is 4.18. The second kappa shape index (κ2) is 6.43.